The van der Waals surface area contributed by atoms with Crippen LogP contribution in [0, 0.1) is 0 Å². The molecule has 2 amide bonds. The number of benzene rings is 1. The quantitative estimate of drug-likeness (QED) is 0.794. The highest BCUT2D eigenvalue weighted by Gasteiger charge is 2.43. The molecule has 1 aromatic rings. The molecule has 2 N–H and O–H groups in total. The number of carbonyl (C=O) groups is 1. The van der Waals surface area contributed by atoms with E-state index in [4.69, 9.17) is 10.5 Å². The van der Waals surface area contributed by atoms with E-state index in [1.54, 1.807) is 19.0 Å². The van der Waals surface area contributed by atoms with Crippen molar-refractivity contribution >= 4 is 6.03 Å². The molecule has 1 fully saturated rings. The van der Waals surface area contributed by atoms with E-state index >= 15 is 0 Å². The molecule has 5 heteroatoms. The molecule has 1 spiro atoms. The average Bonchev–Trinajstić information content (AvgIpc) is 2.47. The minimum Gasteiger partial charge on any atom is -0.487 e. The van der Waals surface area contributed by atoms with Crippen LogP contribution in [0.2, 0.25) is 0 Å². The normalized spacial score (nSPS) is 23.4. The van der Waals surface area contributed by atoms with Crippen molar-refractivity contribution in [3.05, 3.63) is 29.8 Å². The van der Waals surface area contributed by atoms with Gasteiger partial charge in [0.2, 0.25) is 0 Å². The number of ether oxygens (including phenoxy) is 1. The van der Waals surface area contributed by atoms with Gasteiger partial charge in [0, 0.05) is 58.1 Å². The van der Waals surface area contributed by atoms with Crippen molar-refractivity contribution < 1.29 is 9.53 Å². The van der Waals surface area contributed by atoms with Crippen LogP contribution in [0.4, 0.5) is 4.79 Å². The Kier molecular flexibility index (Phi) is 3.53. The van der Waals surface area contributed by atoms with Gasteiger partial charge in [-0.05, 0) is 6.07 Å². The third-order valence-corrected chi connectivity index (χ3v) is 4.56. The summed E-state index contributed by atoms with van der Waals surface area (Å²) in [6.45, 7) is 1.46. The van der Waals surface area contributed by atoms with Crippen molar-refractivity contribution in [2.24, 2.45) is 5.73 Å². The van der Waals surface area contributed by atoms with Crippen molar-refractivity contribution in [2.75, 3.05) is 27.2 Å². The largest absolute Gasteiger partial charge is 0.487 e. The summed E-state index contributed by atoms with van der Waals surface area (Å²) < 4.78 is 6.29. The van der Waals surface area contributed by atoms with E-state index in [-0.39, 0.29) is 17.7 Å². The molecule has 0 bridgehead atoms. The fourth-order valence-electron chi connectivity index (χ4n) is 3.36. The molecule has 1 aromatic carbocycles. The van der Waals surface area contributed by atoms with Crippen LogP contribution in [0.1, 0.15) is 30.9 Å². The molecule has 114 valence electrons. The highest BCUT2D eigenvalue weighted by Crippen LogP contribution is 2.43. The summed E-state index contributed by atoms with van der Waals surface area (Å²) in [5.41, 5.74) is 7.21. The van der Waals surface area contributed by atoms with Crippen LogP contribution in [-0.4, -0.2) is 48.6 Å². The zero-order valence-corrected chi connectivity index (χ0v) is 12.7. The highest BCUT2D eigenvalue weighted by molar-refractivity contribution is 5.73. The monoisotopic (exact) mass is 289 g/mol. The second-order valence-corrected chi connectivity index (χ2v) is 6.30. The summed E-state index contributed by atoms with van der Waals surface area (Å²) in [5.74, 6) is 0.906. The van der Waals surface area contributed by atoms with Gasteiger partial charge in [-0.15, -0.1) is 0 Å². The SMILES string of the molecule is CN(C)C(=O)N1CCC2(CC1)C[C@@H](N)c1ccccc1O2. The Bertz CT molecular complexity index is 536. The van der Waals surface area contributed by atoms with Gasteiger partial charge in [0.05, 0.1) is 0 Å². The zero-order valence-electron chi connectivity index (χ0n) is 12.7. The second kappa shape index (κ2) is 5.22. The first-order valence-corrected chi connectivity index (χ1v) is 7.50. The summed E-state index contributed by atoms with van der Waals surface area (Å²) in [7, 11) is 3.58. The van der Waals surface area contributed by atoms with Crippen LogP contribution >= 0.6 is 0 Å². The molecule has 2 heterocycles. The van der Waals surface area contributed by atoms with Crippen LogP contribution in [-0.2, 0) is 0 Å². The second-order valence-electron chi connectivity index (χ2n) is 6.30. The molecule has 1 atom stereocenters. The van der Waals surface area contributed by atoms with Gasteiger partial charge in [-0.3, -0.25) is 0 Å². The fraction of sp³-hybridized carbons (Fsp3) is 0.562. The van der Waals surface area contributed by atoms with Gasteiger partial charge < -0.3 is 20.3 Å². The summed E-state index contributed by atoms with van der Waals surface area (Å²) in [6, 6.07) is 8.11. The molecule has 5 nitrogen and oxygen atoms in total. The Labute approximate surface area is 125 Å². The van der Waals surface area contributed by atoms with E-state index in [1.807, 2.05) is 29.2 Å². The first-order chi connectivity index (χ1) is 10.0. The minimum absolute atomic E-state index is 0.0195. The van der Waals surface area contributed by atoms with E-state index in [9.17, 15) is 4.79 Å². The maximum absolute atomic E-state index is 12.0. The number of likely N-dealkylation sites (tertiary alicyclic amines) is 1. The van der Waals surface area contributed by atoms with Gasteiger partial charge in [0.1, 0.15) is 11.4 Å². The van der Waals surface area contributed by atoms with E-state index < -0.39 is 0 Å². The van der Waals surface area contributed by atoms with E-state index in [0.29, 0.717) is 0 Å². The maximum atomic E-state index is 12.0. The Balaban J connectivity index is 1.73. The summed E-state index contributed by atoms with van der Waals surface area (Å²) in [4.78, 5) is 15.5. The van der Waals surface area contributed by atoms with Crippen molar-refractivity contribution in [1.82, 2.24) is 9.80 Å². The molecular formula is C16H23N3O2. The molecule has 0 unspecified atom stereocenters. The van der Waals surface area contributed by atoms with E-state index in [1.165, 1.54) is 0 Å². The Morgan fingerprint density at radius 2 is 2.00 bits per heavy atom. The fourth-order valence-corrected chi connectivity index (χ4v) is 3.36. The van der Waals surface area contributed by atoms with Gasteiger partial charge in [-0.25, -0.2) is 4.79 Å². The van der Waals surface area contributed by atoms with Crippen LogP contribution < -0.4 is 10.5 Å². The lowest BCUT2D eigenvalue weighted by Gasteiger charge is -2.46. The Hall–Kier alpha value is -1.75. The Morgan fingerprint density at radius 3 is 2.67 bits per heavy atom. The zero-order chi connectivity index (χ0) is 15.0. The van der Waals surface area contributed by atoms with E-state index in [2.05, 4.69) is 0 Å². The Morgan fingerprint density at radius 1 is 1.33 bits per heavy atom. The molecule has 0 aromatic heterocycles. The predicted molar refractivity (Wildman–Crippen MR) is 81.2 cm³/mol. The number of amides is 2. The van der Waals surface area contributed by atoms with Crippen LogP contribution in [0.25, 0.3) is 0 Å². The number of hydrogen-bond acceptors (Lipinski definition) is 3. The number of carbonyl (C=O) groups excluding carboxylic acids is 1. The molecule has 21 heavy (non-hydrogen) atoms. The van der Waals surface area contributed by atoms with Crippen LogP contribution in [0.3, 0.4) is 0 Å². The lowest BCUT2D eigenvalue weighted by molar-refractivity contribution is -0.0151. The van der Waals surface area contributed by atoms with Crippen molar-refractivity contribution in [2.45, 2.75) is 30.9 Å². The number of nitrogens with two attached hydrogens (primary N) is 1. The lowest BCUT2D eigenvalue weighted by atomic mass is 9.81. The van der Waals surface area contributed by atoms with Gasteiger partial charge in [0.25, 0.3) is 0 Å². The van der Waals surface area contributed by atoms with Crippen LogP contribution in [0.15, 0.2) is 24.3 Å². The first kappa shape index (κ1) is 14.2. The molecule has 0 saturated carbocycles. The molecule has 1 saturated heterocycles. The number of nitrogens with zero attached hydrogens (tertiary/aromatic N) is 2. The topological polar surface area (TPSA) is 58.8 Å². The number of fused-ring (bicyclic) bond motifs is 1. The highest BCUT2D eigenvalue weighted by atomic mass is 16.5. The van der Waals surface area contributed by atoms with Crippen molar-refractivity contribution in [1.29, 1.82) is 0 Å². The maximum Gasteiger partial charge on any atom is 0.319 e. The molecule has 2 aliphatic rings. The van der Waals surface area contributed by atoms with E-state index in [0.717, 1.165) is 43.7 Å². The molecule has 3 rings (SSSR count). The average molecular weight is 289 g/mol. The molecule has 2 aliphatic heterocycles. The summed E-state index contributed by atoms with van der Waals surface area (Å²) in [6.07, 6.45) is 2.51. The van der Waals surface area contributed by atoms with Crippen molar-refractivity contribution in [3.8, 4) is 5.75 Å². The first-order valence-electron chi connectivity index (χ1n) is 7.50. The number of para-hydroxylation sites is 1. The smallest absolute Gasteiger partial charge is 0.319 e. The molecule has 0 radical (unpaired) electrons. The summed E-state index contributed by atoms with van der Waals surface area (Å²) in [5, 5.41) is 0. The molecule has 0 aliphatic carbocycles. The lowest BCUT2D eigenvalue weighted by Crippen LogP contribution is -2.54. The molecular weight excluding hydrogens is 266 g/mol. The predicted octanol–water partition coefficient (Wildman–Crippen LogP) is 1.99. The number of rotatable bonds is 0. The minimum atomic E-state index is -0.211. The third-order valence-electron chi connectivity index (χ3n) is 4.56. The number of piperidine rings is 1. The standard InChI is InChI=1S/C16H23N3O2/c1-18(2)15(20)19-9-7-16(8-10-19)11-13(17)12-5-3-4-6-14(12)21-16/h3-6,13H,7-11,17H2,1-2H3/t13-/m1/s1. The van der Waals surface area contributed by atoms with Gasteiger partial charge in [-0.2, -0.15) is 0 Å². The van der Waals surface area contributed by atoms with Gasteiger partial charge >= 0.3 is 6.03 Å². The van der Waals surface area contributed by atoms with Gasteiger partial charge in [-0.1, -0.05) is 18.2 Å². The van der Waals surface area contributed by atoms with Crippen LogP contribution in [0.5, 0.6) is 5.75 Å². The number of hydrogen-bond donors (Lipinski definition) is 1. The number of urea groups is 1. The van der Waals surface area contributed by atoms with Crippen molar-refractivity contribution in [3.63, 3.8) is 0 Å². The van der Waals surface area contributed by atoms with Gasteiger partial charge in [0.15, 0.2) is 0 Å². The summed E-state index contributed by atoms with van der Waals surface area (Å²) >= 11 is 0. The third kappa shape index (κ3) is 2.58.